The molecule has 0 aliphatic carbocycles. The molecule has 1 aromatic heterocycles. The third-order valence-electron chi connectivity index (χ3n) is 1.64. The summed E-state index contributed by atoms with van der Waals surface area (Å²) in [6.45, 7) is 3.12. The topological polar surface area (TPSA) is 83.1 Å². The second-order valence-electron chi connectivity index (χ2n) is 2.62. The Morgan fingerprint density at radius 3 is 2.46 bits per heavy atom. The molecule has 1 aromatic rings. The number of carbonyl (C=O) groups is 2. The standard InChI is InChI=1S/C8H10N2O3/c1-3-5-9-6(4(2)11)7(10-5)8(12)13/h3H2,1-2H3,(H,9,10)(H,12,13). The summed E-state index contributed by atoms with van der Waals surface area (Å²) in [5.41, 5.74) is -0.117. The van der Waals surface area contributed by atoms with Crippen molar-refractivity contribution < 1.29 is 14.7 Å². The highest BCUT2D eigenvalue weighted by Gasteiger charge is 2.18. The first-order valence-electron chi connectivity index (χ1n) is 3.89. The van der Waals surface area contributed by atoms with Crippen molar-refractivity contribution in [2.75, 3.05) is 0 Å². The largest absolute Gasteiger partial charge is 0.477 e. The first-order chi connectivity index (χ1) is 6.06. The number of carbonyl (C=O) groups excluding carboxylic acids is 1. The second kappa shape index (κ2) is 3.38. The van der Waals surface area contributed by atoms with Crippen LogP contribution in [0.4, 0.5) is 0 Å². The lowest BCUT2D eigenvalue weighted by Crippen LogP contribution is -2.05. The molecule has 70 valence electrons. The van der Waals surface area contributed by atoms with Gasteiger partial charge in [0.1, 0.15) is 11.5 Å². The molecule has 0 aromatic carbocycles. The Kier molecular flexibility index (Phi) is 2.46. The summed E-state index contributed by atoms with van der Waals surface area (Å²) in [4.78, 5) is 28.0. The van der Waals surface area contributed by atoms with E-state index in [9.17, 15) is 9.59 Å². The molecule has 0 saturated heterocycles. The number of hydrogen-bond acceptors (Lipinski definition) is 3. The molecule has 0 amide bonds. The van der Waals surface area contributed by atoms with Crippen molar-refractivity contribution in [1.82, 2.24) is 9.97 Å². The lowest BCUT2D eigenvalue weighted by Gasteiger charge is -1.89. The molecular formula is C8H10N2O3. The number of imidazole rings is 1. The van der Waals surface area contributed by atoms with Crippen LogP contribution in [0.5, 0.6) is 0 Å². The van der Waals surface area contributed by atoms with Crippen molar-refractivity contribution >= 4 is 11.8 Å². The number of Topliss-reactive ketones (excluding diaryl/α,β-unsaturated/α-hetero) is 1. The minimum Gasteiger partial charge on any atom is -0.477 e. The van der Waals surface area contributed by atoms with Crippen LogP contribution in [0.1, 0.15) is 40.6 Å². The molecule has 1 rings (SSSR count). The molecule has 0 aliphatic heterocycles. The van der Waals surface area contributed by atoms with Crippen molar-refractivity contribution in [3.8, 4) is 0 Å². The molecule has 0 fully saturated rings. The number of hydrogen-bond donors (Lipinski definition) is 2. The van der Waals surface area contributed by atoms with Crippen LogP contribution in [0.3, 0.4) is 0 Å². The van der Waals surface area contributed by atoms with Gasteiger partial charge in [0.25, 0.3) is 0 Å². The molecule has 0 bridgehead atoms. The molecule has 0 radical (unpaired) electrons. The van der Waals surface area contributed by atoms with Crippen LogP contribution in [-0.2, 0) is 6.42 Å². The molecule has 0 atom stereocenters. The van der Waals surface area contributed by atoms with Gasteiger partial charge in [0.05, 0.1) is 0 Å². The molecule has 1 heterocycles. The van der Waals surface area contributed by atoms with Gasteiger partial charge in [-0.2, -0.15) is 0 Å². The smallest absolute Gasteiger partial charge is 0.354 e. The summed E-state index contributed by atoms with van der Waals surface area (Å²) < 4.78 is 0. The minimum absolute atomic E-state index is 0.00403. The number of carboxylic acid groups (broad SMARTS) is 1. The summed E-state index contributed by atoms with van der Waals surface area (Å²) in [7, 11) is 0. The molecule has 0 spiro atoms. The number of aryl methyl sites for hydroxylation is 1. The van der Waals surface area contributed by atoms with Gasteiger partial charge in [-0.05, 0) is 0 Å². The van der Waals surface area contributed by atoms with E-state index in [1.165, 1.54) is 6.92 Å². The number of nitrogens with zero attached hydrogens (tertiary/aromatic N) is 1. The van der Waals surface area contributed by atoms with Crippen LogP contribution in [0.15, 0.2) is 0 Å². The van der Waals surface area contributed by atoms with Gasteiger partial charge in [0.15, 0.2) is 11.5 Å². The van der Waals surface area contributed by atoms with Crippen LogP contribution >= 0.6 is 0 Å². The van der Waals surface area contributed by atoms with Gasteiger partial charge in [0.2, 0.25) is 0 Å². The summed E-state index contributed by atoms with van der Waals surface area (Å²) >= 11 is 0. The lowest BCUT2D eigenvalue weighted by atomic mass is 10.2. The zero-order valence-electron chi connectivity index (χ0n) is 7.42. The quantitative estimate of drug-likeness (QED) is 0.679. The summed E-state index contributed by atoms with van der Waals surface area (Å²) in [6, 6.07) is 0. The second-order valence-corrected chi connectivity index (χ2v) is 2.62. The van der Waals surface area contributed by atoms with E-state index in [2.05, 4.69) is 9.97 Å². The lowest BCUT2D eigenvalue weighted by molar-refractivity contribution is 0.0686. The maximum Gasteiger partial charge on any atom is 0.354 e. The van der Waals surface area contributed by atoms with Gasteiger partial charge in [-0.1, -0.05) is 6.92 Å². The summed E-state index contributed by atoms with van der Waals surface area (Å²) in [6.07, 6.45) is 0.577. The first-order valence-corrected chi connectivity index (χ1v) is 3.89. The van der Waals surface area contributed by atoms with E-state index in [1.807, 2.05) is 6.92 Å². The fourth-order valence-corrected chi connectivity index (χ4v) is 0.999. The highest BCUT2D eigenvalue weighted by atomic mass is 16.4. The fourth-order valence-electron chi connectivity index (χ4n) is 0.999. The third-order valence-corrected chi connectivity index (χ3v) is 1.64. The number of aromatic amines is 1. The van der Waals surface area contributed by atoms with E-state index in [-0.39, 0.29) is 17.2 Å². The van der Waals surface area contributed by atoms with Crippen LogP contribution in [0, 0.1) is 0 Å². The van der Waals surface area contributed by atoms with Gasteiger partial charge in [0, 0.05) is 13.3 Å². The highest BCUT2D eigenvalue weighted by Crippen LogP contribution is 2.07. The van der Waals surface area contributed by atoms with E-state index in [0.717, 1.165) is 0 Å². The molecule has 2 N–H and O–H groups in total. The third kappa shape index (κ3) is 1.74. The molecule has 0 unspecified atom stereocenters. The summed E-state index contributed by atoms with van der Waals surface area (Å²) in [5.74, 6) is -0.978. The van der Waals surface area contributed by atoms with Gasteiger partial charge in [-0.3, -0.25) is 4.79 Å². The van der Waals surface area contributed by atoms with Gasteiger partial charge >= 0.3 is 5.97 Å². The Morgan fingerprint density at radius 2 is 2.15 bits per heavy atom. The van der Waals surface area contributed by atoms with Gasteiger partial charge < -0.3 is 10.1 Å². The predicted octanol–water partition coefficient (Wildman–Crippen LogP) is 0.873. The molecule has 0 saturated carbocycles. The Bertz CT molecular complexity index is 323. The van der Waals surface area contributed by atoms with E-state index in [0.29, 0.717) is 12.2 Å². The number of carboxylic acids is 1. The van der Waals surface area contributed by atoms with Crippen molar-refractivity contribution in [1.29, 1.82) is 0 Å². The van der Waals surface area contributed by atoms with Crippen LogP contribution in [-0.4, -0.2) is 26.8 Å². The SMILES string of the molecule is CCc1nc(C(C)=O)c(C(=O)O)[nH]1. The van der Waals surface area contributed by atoms with Crippen LogP contribution in [0.25, 0.3) is 0 Å². The molecular weight excluding hydrogens is 172 g/mol. The van der Waals surface area contributed by atoms with Crippen molar-refractivity contribution in [3.05, 3.63) is 17.2 Å². The number of H-pyrrole nitrogens is 1. The maximum atomic E-state index is 11.0. The number of nitrogens with one attached hydrogen (secondary N) is 1. The average molecular weight is 182 g/mol. The Labute approximate surface area is 74.8 Å². The molecule has 13 heavy (non-hydrogen) atoms. The fraction of sp³-hybridized carbons (Fsp3) is 0.375. The zero-order valence-corrected chi connectivity index (χ0v) is 7.42. The van der Waals surface area contributed by atoms with Crippen molar-refractivity contribution in [2.24, 2.45) is 0 Å². The number of aromatic nitrogens is 2. The number of rotatable bonds is 3. The predicted molar refractivity (Wildman–Crippen MR) is 44.9 cm³/mol. The van der Waals surface area contributed by atoms with Gasteiger partial charge in [-0.15, -0.1) is 0 Å². The monoisotopic (exact) mass is 182 g/mol. The summed E-state index contributed by atoms with van der Waals surface area (Å²) in [5, 5.41) is 8.70. The van der Waals surface area contributed by atoms with Crippen LogP contribution in [0.2, 0.25) is 0 Å². The van der Waals surface area contributed by atoms with E-state index in [4.69, 9.17) is 5.11 Å². The molecule has 0 aliphatic rings. The Balaban J connectivity index is 3.23. The first kappa shape index (κ1) is 9.44. The van der Waals surface area contributed by atoms with E-state index < -0.39 is 5.97 Å². The van der Waals surface area contributed by atoms with Crippen LogP contribution < -0.4 is 0 Å². The normalized spacial score (nSPS) is 10.0. The van der Waals surface area contributed by atoms with Crippen molar-refractivity contribution in [2.45, 2.75) is 20.3 Å². The Morgan fingerprint density at radius 1 is 1.54 bits per heavy atom. The number of aromatic carboxylic acids is 1. The number of ketones is 1. The van der Waals surface area contributed by atoms with E-state index in [1.54, 1.807) is 0 Å². The minimum atomic E-state index is -1.16. The zero-order chi connectivity index (χ0) is 10.0. The molecule has 5 heteroatoms. The van der Waals surface area contributed by atoms with Gasteiger partial charge in [-0.25, -0.2) is 9.78 Å². The van der Waals surface area contributed by atoms with E-state index >= 15 is 0 Å². The Hall–Kier alpha value is -1.65. The highest BCUT2D eigenvalue weighted by molar-refractivity contribution is 6.02. The molecule has 5 nitrogen and oxygen atoms in total. The maximum absolute atomic E-state index is 11.0. The average Bonchev–Trinajstić information content (AvgIpc) is 2.47. The van der Waals surface area contributed by atoms with Crippen molar-refractivity contribution in [3.63, 3.8) is 0 Å².